The molecule has 1 amide bonds. The summed E-state index contributed by atoms with van der Waals surface area (Å²) in [5, 5.41) is 6.91. The van der Waals surface area contributed by atoms with Gasteiger partial charge < -0.3 is 19.1 Å². The van der Waals surface area contributed by atoms with Gasteiger partial charge in [-0.15, -0.1) is 0 Å². The van der Waals surface area contributed by atoms with E-state index in [0.29, 0.717) is 17.0 Å². The zero-order valence-electron chi connectivity index (χ0n) is 15.6. The van der Waals surface area contributed by atoms with Crippen LogP contribution in [0.2, 0.25) is 0 Å². The van der Waals surface area contributed by atoms with E-state index in [2.05, 4.69) is 20.0 Å². The molecule has 7 nitrogen and oxygen atoms in total. The molecule has 0 atom stereocenters. The minimum atomic E-state index is -4.70. The number of carbonyl (C=O) groups is 1. The number of hydrogen-bond acceptors (Lipinski definition) is 5. The SMILES string of the molecule is COc1cccc(NC(=O)Cn2ccc3cc(-c4noc(C(F)(F)F)n4)ccc32)c1. The van der Waals surface area contributed by atoms with Gasteiger partial charge in [-0.25, -0.2) is 0 Å². The van der Waals surface area contributed by atoms with Gasteiger partial charge in [0.1, 0.15) is 12.3 Å². The van der Waals surface area contributed by atoms with Crippen molar-refractivity contribution in [1.82, 2.24) is 14.7 Å². The maximum Gasteiger partial charge on any atom is 0.471 e. The van der Waals surface area contributed by atoms with Gasteiger partial charge in [-0.3, -0.25) is 4.79 Å². The summed E-state index contributed by atoms with van der Waals surface area (Å²) in [4.78, 5) is 15.8. The molecular formula is C20H15F3N4O3. The first kappa shape index (κ1) is 19.5. The molecule has 0 radical (unpaired) electrons. The molecule has 0 saturated carbocycles. The van der Waals surface area contributed by atoms with Crippen molar-refractivity contribution in [2.75, 3.05) is 12.4 Å². The van der Waals surface area contributed by atoms with Crippen molar-refractivity contribution in [2.24, 2.45) is 0 Å². The summed E-state index contributed by atoms with van der Waals surface area (Å²) in [6, 6.07) is 13.6. The number of methoxy groups -OCH3 is 1. The Morgan fingerprint density at radius 2 is 2.03 bits per heavy atom. The third-order valence-corrected chi connectivity index (χ3v) is 4.37. The van der Waals surface area contributed by atoms with Crippen molar-refractivity contribution in [3.05, 3.63) is 60.6 Å². The molecule has 0 unspecified atom stereocenters. The van der Waals surface area contributed by atoms with Crippen LogP contribution in [0, 0.1) is 0 Å². The molecule has 2 aromatic heterocycles. The number of fused-ring (bicyclic) bond motifs is 1. The molecule has 30 heavy (non-hydrogen) atoms. The van der Waals surface area contributed by atoms with Crippen LogP contribution in [-0.2, 0) is 17.5 Å². The highest BCUT2D eigenvalue weighted by atomic mass is 19.4. The summed E-state index contributed by atoms with van der Waals surface area (Å²) in [5.74, 6) is -1.17. The highest BCUT2D eigenvalue weighted by Crippen LogP contribution is 2.30. The summed E-state index contributed by atoms with van der Waals surface area (Å²) < 4.78 is 49.1. The second kappa shape index (κ2) is 7.54. The molecule has 0 spiro atoms. The number of amides is 1. The number of hydrogen-bond donors (Lipinski definition) is 1. The fourth-order valence-corrected chi connectivity index (χ4v) is 2.99. The van der Waals surface area contributed by atoms with Crippen molar-refractivity contribution < 1.29 is 27.2 Å². The highest BCUT2D eigenvalue weighted by molar-refractivity contribution is 5.92. The lowest BCUT2D eigenvalue weighted by Gasteiger charge is -2.09. The van der Waals surface area contributed by atoms with Crippen molar-refractivity contribution in [3.63, 3.8) is 0 Å². The Morgan fingerprint density at radius 3 is 2.77 bits per heavy atom. The van der Waals surface area contributed by atoms with E-state index in [0.717, 1.165) is 10.9 Å². The van der Waals surface area contributed by atoms with Gasteiger partial charge in [-0.05, 0) is 36.4 Å². The Morgan fingerprint density at radius 1 is 1.20 bits per heavy atom. The molecule has 0 aliphatic heterocycles. The van der Waals surface area contributed by atoms with Gasteiger partial charge >= 0.3 is 12.1 Å². The van der Waals surface area contributed by atoms with Gasteiger partial charge in [0.15, 0.2) is 0 Å². The molecule has 0 bridgehead atoms. The average Bonchev–Trinajstić information content (AvgIpc) is 3.35. The van der Waals surface area contributed by atoms with Crippen molar-refractivity contribution >= 4 is 22.5 Å². The Kier molecular flexibility index (Phi) is 4.90. The van der Waals surface area contributed by atoms with Gasteiger partial charge in [0.25, 0.3) is 0 Å². The van der Waals surface area contributed by atoms with E-state index in [-0.39, 0.29) is 18.3 Å². The summed E-state index contributed by atoms with van der Waals surface area (Å²) >= 11 is 0. The Bertz CT molecular complexity index is 1210. The fraction of sp³-hybridized carbons (Fsp3) is 0.150. The number of nitrogens with zero attached hydrogens (tertiary/aromatic N) is 3. The lowest BCUT2D eigenvalue weighted by atomic mass is 10.1. The molecule has 1 N–H and O–H groups in total. The topological polar surface area (TPSA) is 82.2 Å². The van der Waals surface area contributed by atoms with Crippen LogP contribution >= 0.6 is 0 Å². The standard InChI is InChI=1S/C20H15F3N4O3/c1-29-15-4-2-3-14(10-15)24-17(28)11-27-8-7-12-9-13(5-6-16(12)27)18-25-19(30-26-18)20(21,22)23/h2-10H,11H2,1H3,(H,24,28). The maximum absolute atomic E-state index is 12.6. The van der Waals surface area contributed by atoms with Crippen molar-refractivity contribution in [2.45, 2.75) is 12.7 Å². The molecule has 10 heteroatoms. The lowest BCUT2D eigenvalue weighted by molar-refractivity contribution is -0.159. The zero-order chi connectivity index (χ0) is 21.3. The van der Waals surface area contributed by atoms with Crippen LogP contribution in [0.5, 0.6) is 5.75 Å². The molecule has 0 saturated heterocycles. The van der Waals surface area contributed by atoms with Gasteiger partial charge in [-0.2, -0.15) is 18.2 Å². The van der Waals surface area contributed by atoms with E-state index < -0.39 is 12.1 Å². The molecule has 0 aliphatic carbocycles. The molecule has 2 aromatic carbocycles. The number of anilines is 1. The number of carbonyl (C=O) groups excluding carboxylic acids is 1. The molecule has 4 rings (SSSR count). The molecule has 0 fully saturated rings. The van der Waals surface area contributed by atoms with E-state index in [9.17, 15) is 18.0 Å². The third-order valence-electron chi connectivity index (χ3n) is 4.37. The maximum atomic E-state index is 12.6. The van der Waals surface area contributed by atoms with E-state index in [1.807, 2.05) is 0 Å². The number of alkyl halides is 3. The Balaban J connectivity index is 1.52. The van der Waals surface area contributed by atoms with E-state index in [1.54, 1.807) is 66.4 Å². The Labute approximate surface area is 168 Å². The number of benzene rings is 2. The van der Waals surface area contributed by atoms with E-state index in [4.69, 9.17) is 4.74 Å². The molecule has 4 aromatic rings. The summed E-state index contributed by atoms with van der Waals surface area (Å²) in [6.07, 6.45) is -2.98. The van der Waals surface area contributed by atoms with E-state index >= 15 is 0 Å². The van der Waals surface area contributed by atoms with Crippen LogP contribution in [0.15, 0.2) is 59.3 Å². The second-order valence-electron chi connectivity index (χ2n) is 6.42. The molecular weight excluding hydrogens is 401 g/mol. The smallest absolute Gasteiger partial charge is 0.471 e. The van der Waals surface area contributed by atoms with Crippen LogP contribution in [0.3, 0.4) is 0 Å². The predicted octanol–water partition coefficient (Wildman–Crippen LogP) is 4.36. The Hall–Kier alpha value is -3.82. The fourth-order valence-electron chi connectivity index (χ4n) is 2.99. The summed E-state index contributed by atoms with van der Waals surface area (Å²) in [6.45, 7) is 0.0560. The quantitative estimate of drug-likeness (QED) is 0.523. The predicted molar refractivity (Wildman–Crippen MR) is 102 cm³/mol. The third kappa shape index (κ3) is 3.97. The summed E-state index contributed by atoms with van der Waals surface area (Å²) in [7, 11) is 1.54. The van der Waals surface area contributed by atoms with Gasteiger partial charge in [0, 0.05) is 34.4 Å². The number of rotatable bonds is 5. The first-order valence-corrected chi connectivity index (χ1v) is 8.77. The van der Waals surface area contributed by atoms with Crippen LogP contribution in [0.1, 0.15) is 5.89 Å². The van der Waals surface area contributed by atoms with Crippen molar-refractivity contribution in [1.29, 1.82) is 0 Å². The van der Waals surface area contributed by atoms with Gasteiger partial charge in [0.05, 0.1) is 7.11 Å². The van der Waals surface area contributed by atoms with Gasteiger partial charge in [-0.1, -0.05) is 11.2 Å². The number of aromatic nitrogens is 3. The normalized spacial score (nSPS) is 11.6. The van der Waals surface area contributed by atoms with Crippen molar-refractivity contribution in [3.8, 4) is 17.1 Å². The van der Waals surface area contributed by atoms with Crippen LogP contribution < -0.4 is 10.1 Å². The highest BCUT2D eigenvalue weighted by Gasteiger charge is 2.38. The largest absolute Gasteiger partial charge is 0.497 e. The van der Waals surface area contributed by atoms with Crippen LogP contribution in [-0.4, -0.2) is 27.7 Å². The lowest BCUT2D eigenvalue weighted by Crippen LogP contribution is -2.18. The average molecular weight is 416 g/mol. The van der Waals surface area contributed by atoms with Crippen LogP contribution in [0.4, 0.5) is 18.9 Å². The first-order chi connectivity index (χ1) is 14.3. The minimum absolute atomic E-state index is 0.0560. The first-order valence-electron chi connectivity index (χ1n) is 8.77. The number of nitrogens with one attached hydrogen (secondary N) is 1. The number of halogens is 3. The van der Waals surface area contributed by atoms with Crippen LogP contribution in [0.25, 0.3) is 22.3 Å². The second-order valence-corrected chi connectivity index (χ2v) is 6.42. The zero-order valence-corrected chi connectivity index (χ0v) is 15.6. The summed E-state index contributed by atoms with van der Waals surface area (Å²) in [5.41, 5.74) is 1.72. The monoisotopic (exact) mass is 416 g/mol. The molecule has 2 heterocycles. The van der Waals surface area contributed by atoms with E-state index in [1.165, 1.54) is 0 Å². The number of ether oxygens (including phenoxy) is 1. The molecule has 154 valence electrons. The van der Waals surface area contributed by atoms with Gasteiger partial charge in [0.2, 0.25) is 11.7 Å². The molecule has 0 aliphatic rings. The minimum Gasteiger partial charge on any atom is -0.497 e.